The van der Waals surface area contributed by atoms with E-state index in [0.717, 1.165) is 0 Å². The van der Waals surface area contributed by atoms with Gasteiger partial charge in [-0.3, -0.25) is 0 Å². The van der Waals surface area contributed by atoms with E-state index in [1.165, 1.54) is 12.3 Å². The number of nitrogen functional groups attached to an aromatic ring is 1. The number of carboxylic acids is 1. The van der Waals surface area contributed by atoms with Crippen molar-refractivity contribution in [2.24, 2.45) is 0 Å². The minimum Gasteiger partial charge on any atom is -0.478 e. The van der Waals surface area contributed by atoms with E-state index in [-0.39, 0.29) is 11.3 Å². The van der Waals surface area contributed by atoms with Gasteiger partial charge in [-0.1, -0.05) is 0 Å². The van der Waals surface area contributed by atoms with Gasteiger partial charge < -0.3 is 20.9 Å². The second kappa shape index (κ2) is 5.92. The van der Waals surface area contributed by atoms with Crippen molar-refractivity contribution in [2.75, 3.05) is 30.8 Å². The van der Waals surface area contributed by atoms with Crippen LogP contribution in [0.15, 0.2) is 12.3 Å². The number of nitrogens with zero attached hydrogens (tertiary/aromatic N) is 1. The molecule has 0 spiro atoms. The zero-order chi connectivity index (χ0) is 12.0. The number of rotatable bonds is 6. The van der Waals surface area contributed by atoms with Crippen molar-refractivity contribution >= 4 is 17.5 Å². The summed E-state index contributed by atoms with van der Waals surface area (Å²) in [5.74, 6) is -0.688. The summed E-state index contributed by atoms with van der Waals surface area (Å²) in [5.41, 5.74) is 5.85. The maximum Gasteiger partial charge on any atom is 0.337 e. The van der Waals surface area contributed by atoms with Gasteiger partial charge in [0.05, 0.1) is 17.9 Å². The highest BCUT2D eigenvalue weighted by molar-refractivity contribution is 5.96. The van der Waals surface area contributed by atoms with Gasteiger partial charge in [-0.15, -0.1) is 0 Å². The highest BCUT2D eigenvalue weighted by Crippen LogP contribution is 2.19. The Labute approximate surface area is 93.4 Å². The lowest BCUT2D eigenvalue weighted by Crippen LogP contribution is -2.13. The van der Waals surface area contributed by atoms with Gasteiger partial charge >= 0.3 is 5.97 Å². The molecule has 1 rings (SSSR count). The third kappa shape index (κ3) is 3.09. The van der Waals surface area contributed by atoms with E-state index >= 15 is 0 Å². The van der Waals surface area contributed by atoms with Crippen LogP contribution in [-0.4, -0.2) is 35.8 Å². The highest BCUT2D eigenvalue weighted by Gasteiger charge is 2.11. The molecule has 88 valence electrons. The number of carboxylic acid groups (broad SMARTS) is 1. The van der Waals surface area contributed by atoms with Gasteiger partial charge in [0.1, 0.15) is 5.82 Å². The van der Waals surface area contributed by atoms with Gasteiger partial charge in [-0.2, -0.15) is 0 Å². The van der Waals surface area contributed by atoms with E-state index in [4.69, 9.17) is 15.6 Å². The maximum atomic E-state index is 10.8. The number of hydrogen-bond donors (Lipinski definition) is 3. The van der Waals surface area contributed by atoms with Gasteiger partial charge in [-0.25, -0.2) is 9.78 Å². The van der Waals surface area contributed by atoms with E-state index in [9.17, 15) is 4.79 Å². The number of anilines is 2. The topological polar surface area (TPSA) is 97.5 Å². The van der Waals surface area contributed by atoms with Crippen molar-refractivity contribution in [3.05, 3.63) is 17.8 Å². The quantitative estimate of drug-likeness (QED) is 0.620. The molecule has 6 nitrogen and oxygen atoms in total. The van der Waals surface area contributed by atoms with Crippen LogP contribution in [-0.2, 0) is 4.74 Å². The molecule has 0 fully saturated rings. The average Bonchev–Trinajstić information content (AvgIpc) is 2.26. The second-order valence-electron chi connectivity index (χ2n) is 3.05. The largest absolute Gasteiger partial charge is 0.478 e. The van der Waals surface area contributed by atoms with Crippen molar-refractivity contribution in [2.45, 2.75) is 6.92 Å². The van der Waals surface area contributed by atoms with E-state index < -0.39 is 5.97 Å². The third-order valence-corrected chi connectivity index (χ3v) is 1.96. The lowest BCUT2D eigenvalue weighted by Gasteiger charge is -2.09. The molecular weight excluding hydrogens is 210 g/mol. The number of aromatic nitrogens is 1. The van der Waals surface area contributed by atoms with E-state index in [1.54, 1.807) is 0 Å². The van der Waals surface area contributed by atoms with Crippen LogP contribution in [0.25, 0.3) is 0 Å². The first kappa shape index (κ1) is 12.3. The summed E-state index contributed by atoms with van der Waals surface area (Å²) in [5, 5.41) is 11.8. The Morgan fingerprint density at radius 1 is 1.69 bits per heavy atom. The molecule has 0 saturated heterocycles. The SMILES string of the molecule is CCOCCNc1nccc(C(=O)O)c1N. The summed E-state index contributed by atoms with van der Waals surface area (Å²) >= 11 is 0. The summed E-state index contributed by atoms with van der Waals surface area (Å²) in [6, 6.07) is 1.37. The molecule has 0 bridgehead atoms. The van der Waals surface area contributed by atoms with Gasteiger partial charge in [0, 0.05) is 19.3 Å². The molecule has 0 unspecified atom stereocenters. The van der Waals surface area contributed by atoms with Crippen LogP contribution in [0.2, 0.25) is 0 Å². The fourth-order valence-corrected chi connectivity index (χ4v) is 1.19. The van der Waals surface area contributed by atoms with Gasteiger partial charge in [0.2, 0.25) is 0 Å². The van der Waals surface area contributed by atoms with Crippen LogP contribution in [0.1, 0.15) is 17.3 Å². The Balaban J connectivity index is 2.66. The molecule has 0 aromatic carbocycles. The molecule has 0 radical (unpaired) electrons. The van der Waals surface area contributed by atoms with E-state index in [0.29, 0.717) is 25.6 Å². The van der Waals surface area contributed by atoms with Crippen molar-refractivity contribution in [3.8, 4) is 0 Å². The highest BCUT2D eigenvalue weighted by atomic mass is 16.5. The van der Waals surface area contributed by atoms with Gasteiger partial charge in [0.25, 0.3) is 0 Å². The van der Waals surface area contributed by atoms with Crippen LogP contribution in [0.5, 0.6) is 0 Å². The Bertz CT molecular complexity index is 368. The van der Waals surface area contributed by atoms with E-state index in [1.807, 2.05) is 6.92 Å². The number of nitrogens with one attached hydrogen (secondary N) is 1. The molecule has 6 heteroatoms. The predicted octanol–water partition coefficient (Wildman–Crippen LogP) is 0.810. The number of pyridine rings is 1. The smallest absolute Gasteiger partial charge is 0.337 e. The first-order chi connectivity index (χ1) is 7.66. The molecule has 4 N–H and O–H groups in total. The molecule has 0 aliphatic carbocycles. The van der Waals surface area contributed by atoms with Crippen LogP contribution < -0.4 is 11.1 Å². The molecule has 1 heterocycles. The third-order valence-electron chi connectivity index (χ3n) is 1.96. The van der Waals surface area contributed by atoms with Crippen molar-refractivity contribution in [1.29, 1.82) is 0 Å². The molecule has 0 saturated carbocycles. The Morgan fingerprint density at radius 2 is 2.44 bits per heavy atom. The fraction of sp³-hybridized carbons (Fsp3) is 0.400. The molecule has 0 aliphatic rings. The Morgan fingerprint density at radius 3 is 3.06 bits per heavy atom. The van der Waals surface area contributed by atoms with Crippen LogP contribution in [0.4, 0.5) is 11.5 Å². The zero-order valence-electron chi connectivity index (χ0n) is 9.06. The monoisotopic (exact) mass is 225 g/mol. The fourth-order valence-electron chi connectivity index (χ4n) is 1.19. The summed E-state index contributed by atoms with van der Waals surface area (Å²) in [6.45, 7) is 3.60. The van der Waals surface area contributed by atoms with Gasteiger partial charge in [0.15, 0.2) is 0 Å². The summed E-state index contributed by atoms with van der Waals surface area (Å²) in [6.07, 6.45) is 1.41. The predicted molar refractivity (Wildman–Crippen MR) is 60.6 cm³/mol. The standard InChI is InChI=1S/C10H15N3O3/c1-2-16-6-5-13-9-8(11)7(10(14)15)3-4-12-9/h3-4H,2,5-6,11H2,1H3,(H,12,13)(H,14,15). The number of aromatic carboxylic acids is 1. The number of nitrogens with two attached hydrogens (primary N) is 1. The normalized spacial score (nSPS) is 10.1. The van der Waals surface area contributed by atoms with Crippen molar-refractivity contribution in [3.63, 3.8) is 0 Å². The minimum atomic E-state index is -1.06. The summed E-state index contributed by atoms with van der Waals surface area (Å²) in [4.78, 5) is 14.8. The average molecular weight is 225 g/mol. The first-order valence-electron chi connectivity index (χ1n) is 4.96. The number of hydrogen-bond acceptors (Lipinski definition) is 5. The summed E-state index contributed by atoms with van der Waals surface area (Å²) in [7, 11) is 0. The van der Waals surface area contributed by atoms with Crippen molar-refractivity contribution in [1.82, 2.24) is 4.98 Å². The Hall–Kier alpha value is -1.82. The molecule has 0 atom stereocenters. The second-order valence-corrected chi connectivity index (χ2v) is 3.05. The molecule has 1 aromatic heterocycles. The van der Waals surface area contributed by atoms with Crippen LogP contribution >= 0.6 is 0 Å². The lowest BCUT2D eigenvalue weighted by molar-refractivity contribution is 0.0698. The molecule has 0 aliphatic heterocycles. The van der Waals surface area contributed by atoms with E-state index in [2.05, 4.69) is 10.3 Å². The zero-order valence-corrected chi connectivity index (χ0v) is 9.06. The number of carbonyl (C=O) groups is 1. The van der Waals surface area contributed by atoms with Gasteiger partial charge in [-0.05, 0) is 13.0 Å². The molecular formula is C10H15N3O3. The minimum absolute atomic E-state index is 0.0499. The molecule has 0 amide bonds. The first-order valence-corrected chi connectivity index (χ1v) is 4.96. The Kier molecular flexibility index (Phi) is 4.53. The summed E-state index contributed by atoms with van der Waals surface area (Å²) < 4.78 is 5.13. The van der Waals surface area contributed by atoms with Crippen molar-refractivity contribution < 1.29 is 14.6 Å². The lowest BCUT2D eigenvalue weighted by atomic mass is 10.2. The maximum absolute atomic E-state index is 10.8. The molecule has 16 heavy (non-hydrogen) atoms. The van der Waals surface area contributed by atoms with Crippen LogP contribution in [0.3, 0.4) is 0 Å². The van der Waals surface area contributed by atoms with Crippen LogP contribution in [0, 0.1) is 0 Å². The molecule has 1 aromatic rings. The number of ether oxygens (including phenoxy) is 1.